The third-order valence-corrected chi connectivity index (χ3v) is 5.31. The molecule has 0 saturated heterocycles. The van der Waals surface area contributed by atoms with E-state index in [1.54, 1.807) is 24.3 Å². The summed E-state index contributed by atoms with van der Waals surface area (Å²) in [6, 6.07) is 20.7. The average Bonchev–Trinajstić information content (AvgIpc) is 3.35. The number of carbonyl (C=O) groups excluding carboxylic acids is 2. The monoisotopic (exact) mass is 449 g/mol. The summed E-state index contributed by atoms with van der Waals surface area (Å²) in [5.41, 5.74) is 2.78. The lowest BCUT2D eigenvalue weighted by Gasteiger charge is -2.27. The van der Waals surface area contributed by atoms with E-state index in [0.29, 0.717) is 32.0 Å². The highest BCUT2D eigenvalue weighted by atomic mass is 16.5. The molecule has 0 saturated carbocycles. The fourth-order valence-corrected chi connectivity index (χ4v) is 3.49. The lowest BCUT2D eigenvalue weighted by atomic mass is 10.1. The number of anilines is 1. The van der Waals surface area contributed by atoms with Crippen LogP contribution in [0.5, 0.6) is 0 Å². The van der Waals surface area contributed by atoms with Gasteiger partial charge in [-0.05, 0) is 35.7 Å². The molecular weight excluding hydrogens is 418 g/mol. The Morgan fingerprint density at radius 2 is 1.70 bits per heavy atom. The summed E-state index contributed by atoms with van der Waals surface area (Å²) in [6.45, 7) is 3.32. The molecular formula is C26H31N3O4. The molecule has 7 nitrogen and oxygen atoms in total. The summed E-state index contributed by atoms with van der Waals surface area (Å²) in [7, 11) is 1.57. The maximum absolute atomic E-state index is 13.3. The molecule has 3 amide bonds. The first kappa shape index (κ1) is 24.1. The van der Waals surface area contributed by atoms with Crippen molar-refractivity contribution in [1.82, 2.24) is 9.80 Å². The second kappa shape index (κ2) is 12.5. The van der Waals surface area contributed by atoms with Gasteiger partial charge in [-0.3, -0.25) is 4.79 Å². The van der Waals surface area contributed by atoms with Crippen LogP contribution in [-0.4, -0.2) is 48.5 Å². The zero-order valence-electron chi connectivity index (χ0n) is 19.2. The first-order chi connectivity index (χ1) is 16.1. The lowest BCUT2D eigenvalue weighted by Crippen LogP contribution is -2.45. The molecule has 1 aromatic heterocycles. The predicted molar refractivity (Wildman–Crippen MR) is 128 cm³/mol. The maximum atomic E-state index is 13.3. The van der Waals surface area contributed by atoms with Crippen LogP contribution in [0.2, 0.25) is 0 Å². The van der Waals surface area contributed by atoms with E-state index in [9.17, 15) is 9.59 Å². The number of hydrogen-bond donors (Lipinski definition) is 1. The van der Waals surface area contributed by atoms with Crippen LogP contribution in [0.4, 0.5) is 10.5 Å². The molecule has 174 valence electrons. The molecule has 7 heteroatoms. The van der Waals surface area contributed by atoms with Crippen molar-refractivity contribution in [2.24, 2.45) is 0 Å². The number of furan rings is 1. The summed E-state index contributed by atoms with van der Waals surface area (Å²) < 4.78 is 10.6. The van der Waals surface area contributed by atoms with Crippen LogP contribution in [0, 0.1) is 0 Å². The molecule has 0 aliphatic heterocycles. The Kier molecular flexibility index (Phi) is 9.08. The molecule has 0 bridgehead atoms. The van der Waals surface area contributed by atoms with Crippen LogP contribution in [0.15, 0.2) is 77.4 Å². The molecule has 33 heavy (non-hydrogen) atoms. The molecule has 1 heterocycles. The van der Waals surface area contributed by atoms with Crippen molar-refractivity contribution < 1.29 is 18.7 Å². The van der Waals surface area contributed by atoms with Crippen LogP contribution >= 0.6 is 0 Å². The van der Waals surface area contributed by atoms with Gasteiger partial charge < -0.3 is 24.3 Å². The normalized spacial score (nSPS) is 10.6. The number of para-hydroxylation sites is 1. The molecule has 0 fully saturated rings. The van der Waals surface area contributed by atoms with E-state index in [4.69, 9.17) is 9.15 Å². The lowest BCUT2D eigenvalue weighted by molar-refractivity contribution is -0.133. The number of rotatable bonds is 11. The number of ether oxygens (including phenoxy) is 1. The van der Waals surface area contributed by atoms with Crippen molar-refractivity contribution >= 4 is 17.6 Å². The maximum Gasteiger partial charge on any atom is 0.322 e. The van der Waals surface area contributed by atoms with Gasteiger partial charge in [0.05, 0.1) is 19.4 Å². The fourth-order valence-electron chi connectivity index (χ4n) is 3.49. The Labute approximate surface area is 194 Å². The molecule has 0 aliphatic carbocycles. The molecule has 3 aromatic rings. The first-order valence-corrected chi connectivity index (χ1v) is 11.1. The molecule has 2 aromatic carbocycles. The molecule has 3 rings (SSSR count). The summed E-state index contributed by atoms with van der Waals surface area (Å²) in [4.78, 5) is 29.6. The van der Waals surface area contributed by atoms with Gasteiger partial charge in [0.25, 0.3) is 0 Å². The van der Waals surface area contributed by atoms with E-state index in [0.717, 1.165) is 23.2 Å². The summed E-state index contributed by atoms with van der Waals surface area (Å²) >= 11 is 0. The number of nitrogens with one attached hydrogen (secondary N) is 1. The van der Waals surface area contributed by atoms with E-state index in [1.807, 2.05) is 67.6 Å². The summed E-state index contributed by atoms with van der Waals surface area (Å²) in [6.07, 6.45) is 2.38. The summed E-state index contributed by atoms with van der Waals surface area (Å²) in [5, 5.41) is 2.95. The molecule has 0 spiro atoms. The Hall–Kier alpha value is -3.58. The standard InChI is InChI=1S/C26H31N3O4/c1-3-22-12-7-8-14-24(22)27-26(31)28(15-17-32-2)20-25(30)29(19-23-13-9-16-33-23)18-21-10-5-4-6-11-21/h4-14,16H,3,15,17-20H2,1-2H3,(H,27,31). The van der Waals surface area contributed by atoms with E-state index in [-0.39, 0.29) is 18.5 Å². The number of amides is 3. The van der Waals surface area contributed by atoms with Crippen molar-refractivity contribution in [3.05, 3.63) is 89.9 Å². The van der Waals surface area contributed by atoms with Gasteiger partial charge in [-0.2, -0.15) is 0 Å². The van der Waals surface area contributed by atoms with Crippen molar-refractivity contribution in [2.45, 2.75) is 26.4 Å². The minimum Gasteiger partial charge on any atom is -0.467 e. The van der Waals surface area contributed by atoms with Gasteiger partial charge in [0.2, 0.25) is 5.91 Å². The van der Waals surface area contributed by atoms with Crippen LogP contribution in [-0.2, 0) is 29.0 Å². The highest BCUT2D eigenvalue weighted by Crippen LogP contribution is 2.17. The predicted octanol–water partition coefficient (Wildman–Crippen LogP) is 4.55. The average molecular weight is 450 g/mol. The van der Waals surface area contributed by atoms with E-state index in [1.165, 1.54) is 4.90 Å². The SMILES string of the molecule is CCc1ccccc1NC(=O)N(CCOC)CC(=O)N(Cc1ccccc1)Cc1ccco1. The van der Waals surface area contributed by atoms with Crippen molar-refractivity contribution in [3.63, 3.8) is 0 Å². The van der Waals surface area contributed by atoms with Gasteiger partial charge in [-0.1, -0.05) is 55.5 Å². The zero-order valence-corrected chi connectivity index (χ0v) is 19.2. The molecule has 0 radical (unpaired) electrons. The van der Waals surface area contributed by atoms with Crippen LogP contribution in [0.1, 0.15) is 23.8 Å². The largest absolute Gasteiger partial charge is 0.467 e. The molecule has 0 aliphatic rings. The zero-order chi connectivity index (χ0) is 23.5. The Morgan fingerprint density at radius 3 is 2.39 bits per heavy atom. The van der Waals surface area contributed by atoms with Crippen LogP contribution in [0.25, 0.3) is 0 Å². The quantitative estimate of drug-likeness (QED) is 0.466. The Morgan fingerprint density at radius 1 is 0.939 bits per heavy atom. The van der Waals surface area contributed by atoms with Crippen molar-refractivity contribution in [2.75, 3.05) is 32.1 Å². The summed E-state index contributed by atoms with van der Waals surface area (Å²) in [5.74, 6) is 0.509. The second-order valence-corrected chi connectivity index (χ2v) is 7.67. The van der Waals surface area contributed by atoms with Crippen molar-refractivity contribution in [1.29, 1.82) is 0 Å². The highest BCUT2D eigenvalue weighted by molar-refractivity contribution is 5.93. The van der Waals surface area contributed by atoms with E-state index >= 15 is 0 Å². The van der Waals surface area contributed by atoms with Gasteiger partial charge in [-0.15, -0.1) is 0 Å². The number of carbonyl (C=O) groups is 2. The second-order valence-electron chi connectivity index (χ2n) is 7.67. The third kappa shape index (κ3) is 7.22. The van der Waals surface area contributed by atoms with Crippen molar-refractivity contribution in [3.8, 4) is 0 Å². The minimum absolute atomic E-state index is 0.0724. The van der Waals surface area contributed by atoms with Crippen LogP contribution in [0.3, 0.4) is 0 Å². The number of nitrogens with zero attached hydrogens (tertiary/aromatic N) is 2. The van der Waals surface area contributed by atoms with Crippen LogP contribution < -0.4 is 5.32 Å². The van der Waals surface area contributed by atoms with Gasteiger partial charge in [0, 0.05) is 25.9 Å². The molecule has 1 N–H and O–H groups in total. The number of benzene rings is 2. The van der Waals surface area contributed by atoms with E-state index in [2.05, 4.69) is 5.32 Å². The van der Waals surface area contributed by atoms with Gasteiger partial charge in [0.1, 0.15) is 12.3 Å². The number of aryl methyl sites for hydroxylation is 1. The Bertz CT molecular complexity index is 1010. The first-order valence-electron chi connectivity index (χ1n) is 11.1. The number of urea groups is 1. The fraction of sp³-hybridized carbons (Fsp3) is 0.308. The van der Waals surface area contributed by atoms with E-state index < -0.39 is 0 Å². The number of hydrogen-bond acceptors (Lipinski definition) is 4. The highest BCUT2D eigenvalue weighted by Gasteiger charge is 2.23. The van der Waals surface area contributed by atoms with Gasteiger partial charge >= 0.3 is 6.03 Å². The number of methoxy groups -OCH3 is 1. The third-order valence-electron chi connectivity index (χ3n) is 5.31. The van der Waals surface area contributed by atoms with Gasteiger partial charge in [-0.25, -0.2) is 4.79 Å². The topological polar surface area (TPSA) is 75.0 Å². The molecule has 0 unspecified atom stereocenters. The molecule has 0 atom stereocenters. The minimum atomic E-state index is -0.334. The smallest absolute Gasteiger partial charge is 0.322 e. The Balaban J connectivity index is 1.75. The van der Waals surface area contributed by atoms with Gasteiger partial charge in [0.15, 0.2) is 0 Å².